The Morgan fingerprint density at radius 3 is 3.09 bits per heavy atom. The molecule has 1 saturated carbocycles. The number of aliphatic hydroxyl groups is 1. The fourth-order valence-corrected chi connectivity index (χ4v) is 3.34. The number of aryl methyl sites for hydroxylation is 1. The van der Waals surface area contributed by atoms with Gasteiger partial charge in [0.1, 0.15) is 0 Å². The molecule has 0 bridgehead atoms. The maximum atomic E-state index is 12.0. The normalized spacial score (nSPS) is 24.9. The van der Waals surface area contributed by atoms with Gasteiger partial charge in [-0.2, -0.15) is 0 Å². The second-order valence-corrected chi connectivity index (χ2v) is 6.45. The average molecular weight is 318 g/mol. The molecule has 6 nitrogen and oxygen atoms in total. The first-order valence-electron chi connectivity index (χ1n) is 7.19. The van der Waals surface area contributed by atoms with Crippen LogP contribution in [-0.2, 0) is 4.79 Å². The molecular formula is C15H18N4O2S. The topological polar surface area (TPSA) is 80.0 Å². The highest BCUT2D eigenvalue weighted by Crippen LogP contribution is 2.30. The van der Waals surface area contributed by atoms with Crippen LogP contribution >= 0.6 is 11.3 Å². The van der Waals surface area contributed by atoms with Crippen molar-refractivity contribution in [1.29, 1.82) is 0 Å². The zero-order valence-corrected chi connectivity index (χ0v) is 13.0. The zero-order chi connectivity index (χ0) is 15.5. The minimum atomic E-state index is -0.604. The van der Waals surface area contributed by atoms with E-state index in [0.717, 1.165) is 23.5 Å². The van der Waals surface area contributed by atoms with Crippen molar-refractivity contribution in [1.82, 2.24) is 19.9 Å². The summed E-state index contributed by atoms with van der Waals surface area (Å²) in [5.41, 5.74) is 0.779. The van der Waals surface area contributed by atoms with Crippen molar-refractivity contribution in [3.63, 3.8) is 0 Å². The zero-order valence-electron chi connectivity index (χ0n) is 12.2. The van der Waals surface area contributed by atoms with Gasteiger partial charge in [-0.25, -0.2) is 9.97 Å². The van der Waals surface area contributed by atoms with Gasteiger partial charge in [0.05, 0.1) is 35.2 Å². The third-order valence-electron chi connectivity index (χ3n) is 3.86. The van der Waals surface area contributed by atoms with Gasteiger partial charge in [0.25, 0.3) is 0 Å². The number of amides is 1. The van der Waals surface area contributed by atoms with Crippen LogP contribution in [0.5, 0.6) is 0 Å². The summed E-state index contributed by atoms with van der Waals surface area (Å²) in [5, 5.41) is 16.1. The van der Waals surface area contributed by atoms with Crippen LogP contribution in [-0.4, -0.2) is 37.7 Å². The van der Waals surface area contributed by atoms with Gasteiger partial charge in [-0.05, 0) is 25.8 Å². The highest BCUT2D eigenvalue weighted by Gasteiger charge is 2.36. The van der Waals surface area contributed by atoms with E-state index in [1.807, 2.05) is 23.1 Å². The average Bonchev–Trinajstić information content (AvgIpc) is 3.20. The van der Waals surface area contributed by atoms with E-state index in [2.05, 4.69) is 15.3 Å². The van der Waals surface area contributed by atoms with Crippen LogP contribution in [0.2, 0.25) is 0 Å². The lowest BCUT2D eigenvalue weighted by atomic mass is 10.1. The van der Waals surface area contributed by atoms with Crippen LogP contribution in [0.4, 0.5) is 0 Å². The summed E-state index contributed by atoms with van der Waals surface area (Å²) in [4.78, 5) is 20.2. The van der Waals surface area contributed by atoms with E-state index < -0.39 is 6.10 Å². The number of aliphatic hydroxyl groups excluding tert-OH is 1. The lowest BCUT2D eigenvalue weighted by molar-refractivity contribution is -0.117. The molecule has 7 heteroatoms. The number of hydrogen-bond donors (Lipinski definition) is 2. The number of carbonyl (C=O) groups is 1. The minimum Gasteiger partial charge on any atom is -0.389 e. The van der Waals surface area contributed by atoms with Gasteiger partial charge in [0.2, 0.25) is 5.91 Å². The molecule has 2 aromatic rings. The molecule has 1 aliphatic carbocycles. The molecule has 0 unspecified atom stereocenters. The van der Waals surface area contributed by atoms with Gasteiger partial charge in [-0.15, -0.1) is 11.3 Å². The third kappa shape index (κ3) is 3.26. The molecule has 3 rings (SSSR count). The van der Waals surface area contributed by atoms with E-state index in [-0.39, 0.29) is 18.0 Å². The molecular weight excluding hydrogens is 300 g/mol. The number of carbonyl (C=O) groups excluding carboxylic acids is 1. The molecule has 2 heterocycles. The molecule has 1 amide bonds. The number of nitrogens with zero attached hydrogens (tertiary/aromatic N) is 3. The molecule has 0 aliphatic heterocycles. The Kier molecular flexibility index (Phi) is 4.35. The fourth-order valence-electron chi connectivity index (χ4n) is 2.76. The number of hydrogen-bond acceptors (Lipinski definition) is 5. The van der Waals surface area contributed by atoms with Crippen molar-refractivity contribution in [2.24, 2.45) is 0 Å². The molecule has 116 valence electrons. The number of thiazole rings is 1. The Morgan fingerprint density at radius 2 is 2.41 bits per heavy atom. The molecule has 3 atom stereocenters. The maximum absolute atomic E-state index is 12.0. The quantitative estimate of drug-likeness (QED) is 0.838. The van der Waals surface area contributed by atoms with E-state index >= 15 is 0 Å². The fraction of sp³-hybridized carbons (Fsp3) is 0.400. The van der Waals surface area contributed by atoms with Crippen molar-refractivity contribution in [3.8, 4) is 0 Å². The van der Waals surface area contributed by atoms with Crippen molar-refractivity contribution in [2.75, 3.05) is 0 Å². The first-order chi connectivity index (χ1) is 10.6. The van der Waals surface area contributed by atoms with E-state index in [1.54, 1.807) is 29.9 Å². The highest BCUT2D eigenvalue weighted by atomic mass is 32.1. The summed E-state index contributed by atoms with van der Waals surface area (Å²) in [5.74, 6) is -0.207. The molecule has 0 radical (unpaired) electrons. The van der Waals surface area contributed by atoms with Crippen molar-refractivity contribution in [2.45, 2.75) is 38.0 Å². The molecule has 2 N–H and O–H groups in total. The summed E-state index contributed by atoms with van der Waals surface area (Å²) in [7, 11) is 0. The maximum Gasteiger partial charge on any atom is 0.244 e. The summed E-state index contributed by atoms with van der Waals surface area (Å²) in [6.45, 7) is 1.92. The Bertz CT molecular complexity index is 665. The first kappa shape index (κ1) is 14.9. The summed E-state index contributed by atoms with van der Waals surface area (Å²) in [6.07, 6.45) is 9.34. The van der Waals surface area contributed by atoms with E-state index in [0.29, 0.717) is 0 Å². The molecule has 1 aliphatic rings. The predicted molar refractivity (Wildman–Crippen MR) is 84.3 cm³/mol. The number of nitrogens with one attached hydrogen (secondary N) is 1. The number of rotatable bonds is 4. The van der Waals surface area contributed by atoms with E-state index in [1.165, 1.54) is 6.08 Å². The third-order valence-corrected chi connectivity index (χ3v) is 4.65. The molecule has 1 fully saturated rings. The summed E-state index contributed by atoms with van der Waals surface area (Å²) < 4.78 is 1.89. The predicted octanol–water partition coefficient (Wildman–Crippen LogP) is 1.54. The second kappa shape index (κ2) is 6.41. The Labute approximate surface area is 132 Å². The van der Waals surface area contributed by atoms with Crippen molar-refractivity contribution >= 4 is 23.3 Å². The van der Waals surface area contributed by atoms with Gasteiger partial charge < -0.3 is 15.0 Å². The molecule has 0 saturated heterocycles. The van der Waals surface area contributed by atoms with Gasteiger partial charge in [0, 0.05) is 23.8 Å². The van der Waals surface area contributed by atoms with Crippen LogP contribution in [0.25, 0.3) is 6.08 Å². The Hall–Kier alpha value is -1.99. The van der Waals surface area contributed by atoms with Crippen molar-refractivity contribution in [3.05, 3.63) is 40.9 Å². The van der Waals surface area contributed by atoms with E-state index in [4.69, 9.17) is 0 Å². The van der Waals surface area contributed by atoms with Crippen LogP contribution in [0.3, 0.4) is 0 Å². The lowest BCUT2D eigenvalue weighted by Crippen LogP contribution is -2.41. The smallest absolute Gasteiger partial charge is 0.244 e. The van der Waals surface area contributed by atoms with Crippen LogP contribution in [0.1, 0.15) is 29.6 Å². The summed E-state index contributed by atoms with van der Waals surface area (Å²) in [6, 6.07) is -0.264. The number of aromatic nitrogens is 3. The monoisotopic (exact) mass is 318 g/mol. The first-order valence-corrected chi connectivity index (χ1v) is 8.07. The molecule has 0 spiro atoms. The van der Waals surface area contributed by atoms with Crippen molar-refractivity contribution < 1.29 is 9.90 Å². The SMILES string of the molecule is Cc1nc(/C=C/C(=O)N[C@@H]2CC[C@@H](n3ccnc3)[C@@H]2O)cs1. The van der Waals surface area contributed by atoms with E-state index in [9.17, 15) is 9.90 Å². The largest absolute Gasteiger partial charge is 0.389 e. The molecule has 0 aromatic carbocycles. The summed E-state index contributed by atoms with van der Waals surface area (Å²) >= 11 is 1.55. The van der Waals surface area contributed by atoms with Crippen LogP contribution in [0.15, 0.2) is 30.2 Å². The highest BCUT2D eigenvalue weighted by molar-refractivity contribution is 7.09. The minimum absolute atomic E-state index is 0.0297. The van der Waals surface area contributed by atoms with Crippen LogP contribution < -0.4 is 5.32 Å². The standard InChI is InChI=1S/C15H18N4O2S/c1-10-17-11(8-22-10)2-5-14(20)18-12-3-4-13(15(12)21)19-7-6-16-9-19/h2,5-9,12-13,15,21H,3-4H2,1H3,(H,18,20)/b5-2+/t12-,13-,15-/m1/s1. The van der Waals surface area contributed by atoms with Crippen LogP contribution in [0, 0.1) is 6.92 Å². The second-order valence-electron chi connectivity index (χ2n) is 5.38. The lowest BCUT2D eigenvalue weighted by Gasteiger charge is -2.20. The van der Waals surface area contributed by atoms with Gasteiger partial charge in [0.15, 0.2) is 0 Å². The molecule has 22 heavy (non-hydrogen) atoms. The Morgan fingerprint density at radius 1 is 1.55 bits per heavy atom. The van der Waals surface area contributed by atoms with Gasteiger partial charge in [-0.1, -0.05) is 0 Å². The molecule has 2 aromatic heterocycles. The number of imidazole rings is 1. The van der Waals surface area contributed by atoms with Gasteiger partial charge in [-0.3, -0.25) is 4.79 Å². The van der Waals surface area contributed by atoms with Gasteiger partial charge >= 0.3 is 0 Å². The Balaban J connectivity index is 1.57.